The minimum absolute atomic E-state index is 0. The fraction of sp³-hybridized carbons (Fsp3) is 0.259. The van der Waals surface area contributed by atoms with Crippen LogP contribution >= 0.6 is 24.8 Å². The van der Waals surface area contributed by atoms with Crippen LogP contribution in [0.15, 0.2) is 66.7 Å². The van der Waals surface area contributed by atoms with Gasteiger partial charge in [-0.2, -0.15) is 18.6 Å². The number of carbonyl (C=O) groups excluding carboxylic acids is 2. The van der Waals surface area contributed by atoms with Crippen LogP contribution < -0.4 is 15.4 Å². The summed E-state index contributed by atoms with van der Waals surface area (Å²) in [4.78, 5) is 24.5. The summed E-state index contributed by atoms with van der Waals surface area (Å²) in [5, 5.41) is 32.5. The minimum atomic E-state index is -4.81. The molecule has 3 N–H and O–H groups in total. The first-order chi connectivity index (χ1) is 19.6. The molecule has 2 aromatic carbocycles. The van der Waals surface area contributed by atoms with Gasteiger partial charge in [0.1, 0.15) is 10.8 Å². The van der Waals surface area contributed by atoms with Crippen molar-refractivity contribution >= 4 is 47.6 Å². The summed E-state index contributed by atoms with van der Waals surface area (Å²) >= 11 is 1.24. The molecule has 0 fully saturated rings. The van der Waals surface area contributed by atoms with Crippen molar-refractivity contribution in [3.05, 3.63) is 88.6 Å². The summed E-state index contributed by atoms with van der Waals surface area (Å²) < 4.78 is 41.1. The van der Waals surface area contributed by atoms with Gasteiger partial charge in [-0.25, -0.2) is 0 Å². The zero-order chi connectivity index (χ0) is 29.2. The lowest BCUT2D eigenvalue weighted by molar-refractivity contribution is -0.274. The highest BCUT2D eigenvalue weighted by molar-refractivity contribution is 7.59. The highest BCUT2D eigenvalue weighted by Gasteiger charge is 2.31. The van der Waals surface area contributed by atoms with E-state index in [1.54, 1.807) is 42.5 Å². The summed E-state index contributed by atoms with van der Waals surface area (Å²) in [5.74, 6) is -1.22. The number of anilines is 2. The number of aromatic nitrogens is 4. The number of benzene rings is 2. The monoisotopic (exact) mass is 620 g/mol. The second-order valence-electron chi connectivity index (χ2n) is 8.84. The largest absolute Gasteiger partial charge is 0.573 e. The van der Waals surface area contributed by atoms with Crippen LogP contribution in [0.1, 0.15) is 40.8 Å². The number of hydrogen-bond donors (Lipinski definition) is 3. The Kier molecular flexibility index (Phi) is 11.8. The van der Waals surface area contributed by atoms with Gasteiger partial charge in [0.25, 0.3) is 5.91 Å². The number of halogens is 3. The van der Waals surface area contributed by atoms with Gasteiger partial charge in [0.15, 0.2) is 11.9 Å². The number of nitrogens with zero attached hydrogens (tertiary/aromatic N) is 4. The van der Waals surface area contributed by atoms with Crippen LogP contribution in [0.3, 0.4) is 0 Å². The molecule has 2 amide bonds. The molecule has 0 spiro atoms. The van der Waals surface area contributed by atoms with E-state index in [-0.39, 0.29) is 25.7 Å². The molecular formula is C27H27F3N6O4S2. The van der Waals surface area contributed by atoms with Crippen molar-refractivity contribution in [3.8, 4) is 5.75 Å². The maximum absolute atomic E-state index is 12.4. The van der Waals surface area contributed by atoms with Crippen LogP contribution in [0.4, 0.5) is 24.1 Å². The van der Waals surface area contributed by atoms with Crippen LogP contribution in [0.2, 0.25) is 0 Å². The average Bonchev–Trinajstić information content (AvgIpc) is 3.38. The average molecular weight is 621 g/mol. The quantitative estimate of drug-likeness (QED) is 0.193. The van der Waals surface area contributed by atoms with E-state index < -0.39 is 30.0 Å². The van der Waals surface area contributed by atoms with Crippen LogP contribution in [0.25, 0.3) is 0 Å². The molecule has 0 unspecified atom stereocenters. The molecule has 1 atom stereocenters. The van der Waals surface area contributed by atoms with E-state index >= 15 is 0 Å². The molecule has 0 aliphatic rings. The van der Waals surface area contributed by atoms with E-state index in [1.807, 2.05) is 0 Å². The van der Waals surface area contributed by atoms with Gasteiger partial charge in [0, 0.05) is 6.42 Å². The Labute approximate surface area is 249 Å². The lowest BCUT2D eigenvalue weighted by Crippen LogP contribution is -2.20. The molecule has 4 rings (SSSR count). The highest BCUT2D eigenvalue weighted by atomic mass is 32.1. The Hall–Kier alpha value is -4.08. The van der Waals surface area contributed by atoms with Gasteiger partial charge in [-0.1, -0.05) is 53.8 Å². The summed E-state index contributed by atoms with van der Waals surface area (Å²) in [7, 11) is 0. The SMILES string of the molecule is O=C(Cc1cccc(OC(F)(F)F)c1)Nc1ccc(CCCCc2nnc(NC(=O)[C@@H](O)c3ccccc3)s2)nn1.S. The molecule has 0 saturated carbocycles. The van der Waals surface area contributed by atoms with Crippen molar-refractivity contribution in [3.63, 3.8) is 0 Å². The van der Waals surface area contributed by atoms with Gasteiger partial charge in [-0.3, -0.25) is 14.9 Å². The number of ether oxygens (including phenoxy) is 1. The Morgan fingerprint density at radius 1 is 0.905 bits per heavy atom. The van der Waals surface area contributed by atoms with Crippen molar-refractivity contribution < 1.29 is 32.6 Å². The molecule has 42 heavy (non-hydrogen) atoms. The van der Waals surface area contributed by atoms with Gasteiger partial charge in [-0.15, -0.1) is 28.5 Å². The smallest absolute Gasteiger partial charge is 0.406 e. The summed E-state index contributed by atoms with van der Waals surface area (Å²) in [6.07, 6.45) is -3.43. The van der Waals surface area contributed by atoms with Crippen LogP contribution in [-0.2, 0) is 28.9 Å². The van der Waals surface area contributed by atoms with E-state index in [0.29, 0.717) is 29.1 Å². The molecule has 2 aromatic heterocycles. The topological polar surface area (TPSA) is 139 Å². The zero-order valence-electron chi connectivity index (χ0n) is 22.0. The number of carbonyl (C=O) groups is 2. The van der Waals surface area contributed by atoms with E-state index in [4.69, 9.17) is 0 Å². The summed E-state index contributed by atoms with van der Waals surface area (Å²) in [6, 6.07) is 17.1. The Balaban J connectivity index is 0.00000484. The molecular weight excluding hydrogens is 593 g/mol. The standard InChI is InChI=1S/C27H25F3N6O4S.H2S/c28-27(29,30)40-20-11-6-7-17(15-20)16-22(37)31-21-14-13-19(33-34-21)10-4-5-12-23-35-36-26(41-23)32-25(39)24(38)18-8-2-1-3-9-18;/h1-3,6-9,11,13-15,24,38H,4-5,10,12,16H2,(H,31,34,37)(H,32,36,39);1H2/t24-;/m0./s1. The molecule has 4 aromatic rings. The van der Waals surface area contributed by atoms with Gasteiger partial charge < -0.3 is 15.2 Å². The third kappa shape index (κ3) is 10.4. The molecule has 15 heteroatoms. The first-order valence-electron chi connectivity index (χ1n) is 12.5. The molecule has 0 aliphatic carbocycles. The maximum atomic E-state index is 12.4. The van der Waals surface area contributed by atoms with Gasteiger partial charge in [-0.05, 0) is 54.7 Å². The van der Waals surface area contributed by atoms with Crippen molar-refractivity contribution in [1.82, 2.24) is 20.4 Å². The summed E-state index contributed by atoms with van der Waals surface area (Å²) in [5.41, 5.74) is 1.56. The van der Waals surface area contributed by atoms with Gasteiger partial charge in [0.2, 0.25) is 11.0 Å². The van der Waals surface area contributed by atoms with E-state index in [1.165, 1.54) is 23.5 Å². The minimum Gasteiger partial charge on any atom is -0.406 e. The molecule has 222 valence electrons. The lowest BCUT2D eigenvalue weighted by atomic mass is 10.1. The van der Waals surface area contributed by atoms with Crippen molar-refractivity contribution in [2.24, 2.45) is 0 Å². The van der Waals surface area contributed by atoms with Gasteiger partial charge in [0.05, 0.1) is 12.1 Å². The third-order valence-corrected chi connectivity index (χ3v) is 6.52. The van der Waals surface area contributed by atoms with E-state index in [0.717, 1.165) is 35.7 Å². The van der Waals surface area contributed by atoms with Crippen LogP contribution in [0.5, 0.6) is 5.75 Å². The highest BCUT2D eigenvalue weighted by Crippen LogP contribution is 2.24. The second-order valence-corrected chi connectivity index (χ2v) is 9.90. The Morgan fingerprint density at radius 3 is 2.38 bits per heavy atom. The molecule has 0 radical (unpaired) electrons. The number of aliphatic hydroxyl groups is 1. The predicted molar refractivity (Wildman–Crippen MR) is 154 cm³/mol. The van der Waals surface area contributed by atoms with E-state index in [2.05, 4.69) is 35.8 Å². The number of aryl methyl sites for hydroxylation is 2. The number of amides is 2. The van der Waals surface area contributed by atoms with Crippen LogP contribution in [-0.4, -0.2) is 43.7 Å². The van der Waals surface area contributed by atoms with E-state index in [9.17, 15) is 27.9 Å². The van der Waals surface area contributed by atoms with Crippen molar-refractivity contribution in [1.29, 1.82) is 0 Å². The normalized spacial score (nSPS) is 11.7. The number of nitrogens with one attached hydrogen (secondary N) is 2. The summed E-state index contributed by atoms with van der Waals surface area (Å²) in [6.45, 7) is 0. The number of alkyl halides is 3. The number of rotatable bonds is 12. The zero-order valence-corrected chi connectivity index (χ0v) is 23.8. The fourth-order valence-electron chi connectivity index (χ4n) is 3.73. The first-order valence-corrected chi connectivity index (χ1v) is 13.3. The first kappa shape index (κ1) is 32.4. The predicted octanol–water partition coefficient (Wildman–Crippen LogP) is 4.76. The number of hydrogen-bond acceptors (Lipinski definition) is 9. The molecule has 0 saturated heterocycles. The number of unbranched alkanes of at least 4 members (excludes halogenated alkanes) is 1. The third-order valence-electron chi connectivity index (χ3n) is 5.62. The lowest BCUT2D eigenvalue weighted by Gasteiger charge is -2.10. The molecule has 0 bridgehead atoms. The second kappa shape index (κ2) is 15.2. The van der Waals surface area contributed by atoms with Crippen molar-refractivity contribution in [2.45, 2.75) is 44.6 Å². The Morgan fingerprint density at radius 2 is 1.67 bits per heavy atom. The molecule has 2 heterocycles. The fourth-order valence-corrected chi connectivity index (χ4v) is 4.52. The number of aliphatic hydroxyl groups excluding tert-OH is 1. The van der Waals surface area contributed by atoms with Gasteiger partial charge >= 0.3 is 6.36 Å². The van der Waals surface area contributed by atoms with Crippen molar-refractivity contribution in [2.75, 3.05) is 10.6 Å². The molecule has 10 nitrogen and oxygen atoms in total. The Bertz CT molecular complexity index is 1460. The van der Waals surface area contributed by atoms with Crippen LogP contribution in [0, 0.1) is 0 Å². The molecule has 0 aliphatic heterocycles. The maximum Gasteiger partial charge on any atom is 0.573 e.